The number of hydrogen-bond acceptors (Lipinski definition) is 4. The Balaban J connectivity index is 1.69. The van der Waals surface area contributed by atoms with Gasteiger partial charge in [-0.25, -0.2) is 9.78 Å². The van der Waals surface area contributed by atoms with Gasteiger partial charge in [0.2, 0.25) is 5.91 Å². The number of aliphatic hydroxyl groups is 1. The second kappa shape index (κ2) is 10.3. The lowest BCUT2D eigenvalue weighted by Gasteiger charge is -2.27. The third kappa shape index (κ3) is 5.78. The van der Waals surface area contributed by atoms with E-state index in [1.54, 1.807) is 35.4 Å². The summed E-state index contributed by atoms with van der Waals surface area (Å²) in [5.74, 6) is -0.530. The maximum atomic E-state index is 13.5. The fraction of sp³-hybridized carbons (Fsp3) is 0.233. The number of rotatable bonds is 7. The molecule has 0 aliphatic carbocycles. The number of nitrogens with zero attached hydrogens (tertiary/aromatic N) is 2. The number of aromatic carboxylic acids is 1. The zero-order chi connectivity index (χ0) is 25.9. The van der Waals surface area contributed by atoms with E-state index < -0.39 is 5.97 Å². The molecule has 0 saturated carbocycles. The lowest BCUT2D eigenvalue weighted by Crippen LogP contribution is -2.34. The van der Waals surface area contributed by atoms with Gasteiger partial charge in [0.1, 0.15) is 5.82 Å². The van der Waals surface area contributed by atoms with Crippen LogP contribution in [-0.2, 0) is 17.9 Å². The minimum atomic E-state index is -0.998. The van der Waals surface area contributed by atoms with E-state index in [-0.39, 0.29) is 23.5 Å². The molecular weight excluding hydrogens is 452 g/mol. The van der Waals surface area contributed by atoms with Crippen molar-refractivity contribution in [2.75, 3.05) is 4.90 Å². The molecule has 6 heteroatoms. The highest BCUT2D eigenvalue weighted by molar-refractivity contribution is 6.04. The van der Waals surface area contributed by atoms with Gasteiger partial charge in [-0.2, -0.15) is 0 Å². The number of anilines is 1. The minimum Gasteiger partial charge on any atom is -0.478 e. The molecule has 0 aliphatic heterocycles. The number of fused-ring (bicyclic) bond motifs is 1. The van der Waals surface area contributed by atoms with Crippen LogP contribution < -0.4 is 4.90 Å². The lowest BCUT2D eigenvalue weighted by molar-refractivity contribution is -0.120. The fourth-order valence-electron chi connectivity index (χ4n) is 4.13. The summed E-state index contributed by atoms with van der Waals surface area (Å²) < 4.78 is 0. The van der Waals surface area contributed by atoms with Crippen LogP contribution in [0.25, 0.3) is 21.9 Å². The molecule has 184 valence electrons. The van der Waals surface area contributed by atoms with Crippen LogP contribution in [-0.4, -0.2) is 27.1 Å². The van der Waals surface area contributed by atoms with E-state index in [2.05, 4.69) is 4.98 Å². The maximum absolute atomic E-state index is 13.5. The van der Waals surface area contributed by atoms with Crippen LogP contribution >= 0.6 is 0 Å². The number of aromatic nitrogens is 1. The number of carbonyl (C=O) groups is 2. The monoisotopic (exact) mass is 482 g/mol. The van der Waals surface area contributed by atoms with Crippen molar-refractivity contribution in [2.24, 2.45) is 5.41 Å². The van der Waals surface area contributed by atoms with Gasteiger partial charge >= 0.3 is 5.97 Å². The minimum absolute atomic E-state index is 0.0114. The Morgan fingerprint density at radius 1 is 0.861 bits per heavy atom. The number of pyridine rings is 1. The van der Waals surface area contributed by atoms with Crippen molar-refractivity contribution in [3.8, 4) is 11.1 Å². The zero-order valence-electron chi connectivity index (χ0n) is 20.7. The smallest absolute Gasteiger partial charge is 0.335 e. The molecule has 6 nitrogen and oxygen atoms in total. The molecule has 0 atom stereocenters. The lowest BCUT2D eigenvalue weighted by atomic mass is 9.91. The summed E-state index contributed by atoms with van der Waals surface area (Å²) in [4.78, 5) is 31.2. The molecule has 0 unspecified atom stereocenters. The van der Waals surface area contributed by atoms with Crippen molar-refractivity contribution >= 4 is 28.5 Å². The van der Waals surface area contributed by atoms with Crippen LogP contribution in [0, 0.1) is 5.41 Å². The maximum Gasteiger partial charge on any atom is 0.335 e. The van der Waals surface area contributed by atoms with Crippen LogP contribution in [0.15, 0.2) is 79.0 Å². The summed E-state index contributed by atoms with van der Waals surface area (Å²) in [6.07, 6.45) is 1.95. The average molecular weight is 483 g/mol. The van der Waals surface area contributed by atoms with E-state index >= 15 is 0 Å². The number of aliphatic hydroxyl groups excluding tert-OH is 1. The molecule has 0 bridgehead atoms. The Bertz CT molecular complexity index is 1390. The van der Waals surface area contributed by atoms with E-state index in [0.717, 1.165) is 33.0 Å². The summed E-state index contributed by atoms with van der Waals surface area (Å²) in [5.41, 5.74) is 3.89. The Hall–Kier alpha value is -4.03. The molecule has 1 amide bonds. The van der Waals surface area contributed by atoms with Gasteiger partial charge in [-0.3, -0.25) is 9.69 Å². The molecule has 0 aliphatic rings. The van der Waals surface area contributed by atoms with E-state index in [1.807, 2.05) is 69.3 Å². The molecule has 0 spiro atoms. The third-order valence-corrected chi connectivity index (χ3v) is 5.99. The quantitative estimate of drug-likeness (QED) is 0.334. The molecule has 0 saturated heterocycles. The van der Waals surface area contributed by atoms with Crippen molar-refractivity contribution < 1.29 is 19.8 Å². The average Bonchev–Trinajstić information content (AvgIpc) is 2.86. The fourth-order valence-corrected chi connectivity index (χ4v) is 4.13. The second-order valence-corrected chi connectivity index (χ2v) is 10.1. The SMILES string of the molecule is CC(C)(C)CC(=O)N(Cc1ccc(-c2ccc(CO)cc2)cc1)c1nccc2cc(C(=O)O)ccc12. The number of carbonyl (C=O) groups excluding carboxylic acids is 1. The molecule has 0 radical (unpaired) electrons. The standard InChI is InChI=1S/C30H30N2O4/c1-30(2,3)17-27(34)32(28-26-13-12-25(29(35)36)16-24(26)14-15-31-28)18-20-4-8-22(9-5-20)23-10-6-21(19-33)7-11-23/h4-16,33H,17-19H2,1-3H3,(H,35,36). The van der Waals surface area contributed by atoms with E-state index in [0.29, 0.717) is 18.8 Å². The first-order valence-electron chi connectivity index (χ1n) is 11.9. The molecule has 1 aromatic heterocycles. The van der Waals surface area contributed by atoms with E-state index in [9.17, 15) is 19.8 Å². The van der Waals surface area contributed by atoms with Gasteiger partial charge in [0.25, 0.3) is 0 Å². The summed E-state index contributed by atoms with van der Waals surface area (Å²) in [5, 5.41) is 20.1. The molecule has 1 heterocycles. The molecule has 3 aromatic carbocycles. The highest BCUT2D eigenvalue weighted by atomic mass is 16.4. The number of hydrogen-bond donors (Lipinski definition) is 2. The zero-order valence-corrected chi connectivity index (χ0v) is 20.7. The third-order valence-electron chi connectivity index (χ3n) is 5.99. The van der Waals surface area contributed by atoms with Crippen molar-refractivity contribution in [3.63, 3.8) is 0 Å². The van der Waals surface area contributed by atoms with Gasteiger partial charge in [0.15, 0.2) is 0 Å². The molecule has 36 heavy (non-hydrogen) atoms. The number of carboxylic acids is 1. The van der Waals surface area contributed by atoms with Crippen LogP contribution in [0.1, 0.15) is 48.7 Å². The van der Waals surface area contributed by atoms with Crippen LogP contribution in [0.4, 0.5) is 5.82 Å². The van der Waals surface area contributed by atoms with Crippen molar-refractivity contribution in [3.05, 3.63) is 95.7 Å². The van der Waals surface area contributed by atoms with Crippen LogP contribution in [0.2, 0.25) is 0 Å². The molecule has 4 rings (SSSR count). The Morgan fingerprint density at radius 3 is 2.03 bits per heavy atom. The van der Waals surface area contributed by atoms with Gasteiger partial charge in [-0.15, -0.1) is 0 Å². The molecule has 0 fully saturated rings. The van der Waals surface area contributed by atoms with Crippen molar-refractivity contribution in [1.29, 1.82) is 0 Å². The topological polar surface area (TPSA) is 90.7 Å². The van der Waals surface area contributed by atoms with E-state index in [4.69, 9.17) is 0 Å². The molecule has 4 aromatic rings. The molecular formula is C30H30N2O4. The largest absolute Gasteiger partial charge is 0.478 e. The Morgan fingerprint density at radius 2 is 1.47 bits per heavy atom. The first-order chi connectivity index (χ1) is 17.1. The summed E-state index contributed by atoms with van der Waals surface area (Å²) in [6.45, 7) is 6.42. The number of benzene rings is 3. The second-order valence-electron chi connectivity index (χ2n) is 10.1. The van der Waals surface area contributed by atoms with Crippen LogP contribution in [0.3, 0.4) is 0 Å². The van der Waals surface area contributed by atoms with Gasteiger partial charge in [0.05, 0.1) is 18.7 Å². The Kier molecular flexibility index (Phi) is 7.17. The predicted octanol–water partition coefficient (Wildman–Crippen LogP) is 6.06. The first-order valence-corrected chi connectivity index (χ1v) is 11.9. The highest BCUT2D eigenvalue weighted by Gasteiger charge is 2.25. The summed E-state index contributed by atoms with van der Waals surface area (Å²) in [6, 6.07) is 22.4. The van der Waals surface area contributed by atoms with Crippen molar-refractivity contribution in [1.82, 2.24) is 4.98 Å². The molecule has 2 N–H and O–H groups in total. The van der Waals surface area contributed by atoms with Gasteiger partial charge in [-0.1, -0.05) is 69.3 Å². The van der Waals surface area contributed by atoms with Gasteiger partial charge in [-0.05, 0) is 57.3 Å². The van der Waals surface area contributed by atoms with Gasteiger partial charge < -0.3 is 10.2 Å². The van der Waals surface area contributed by atoms with Gasteiger partial charge in [0, 0.05) is 18.0 Å². The highest BCUT2D eigenvalue weighted by Crippen LogP contribution is 2.30. The van der Waals surface area contributed by atoms with Crippen LogP contribution in [0.5, 0.6) is 0 Å². The van der Waals surface area contributed by atoms with E-state index in [1.165, 1.54) is 0 Å². The Labute approximate surface area is 210 Å². The number of carboxylic acid groups (broad SMARTS) is 1. The summed E-state index contributed by atoms with van der Waals surface area (Å²) in [7, 11) is 0. The van der Waals surface area contributed by atoms with Crippen molar-refractivity contribution in [2.45, 2.75) is 40.3 Å². The normalized spacial score (nSPS) is 11.4. The summed E-state index contributed by atoms with van der Waals surface area (Å²) >= 11 is 0. The predicted molar refractivity (Wildman–Crippen MR) is 142 cm³/mol. The number of amides is 1. The first kappa shape index (κ1) is 25.1.